The van der Waals surface area contributed by atoms with E-state index in [9.17, 15) is 41.4 Å². The van der Waals surface area contributed by atoms with Gasteiger partial charge in [-0.3, -0.25) is 14.9 Å². The van der Waals surface area contributed by atoms with Crippen LogP contribution in [0.3, 0.4) is 0 Å². The van der Waals surface area contributed by atoms with Gasteiger partial charge >= 0.3 is 11.9 Å². The van der Waals surface area contributed by atoms with Crippen LogP contribution >= 0.6 is 11.6 Å². The van der Waals surface area contributed by atoms with Gasteiger partial charge in [0.1, 0.15) is 17.0 Å². The Labute approximate surface area is 238 Å². The summed E-state index contributed by atoms with van der Waals surface area (Å²) in [5.74, 6) is -2.57. The van der Waals surface area contributed by atoms with Gasteiger partial charge in [0.2, 0.25) is 26.0 Å². The zero-order valence-electron chi connectivity index (χ0n) is 22.0. The van der Waals surface area contributed by atoms with E-state index in [-0.39, 0.29) is 47.7 Å². The van der Waals surface area contributed by atoms with Crippen molar-refractivity contribution in [2.75, 3.05) is 6.54 Å². The number of aliphatic carboxylic acids is 2. The molecule has 1 saturated heterocycles. The molecular formula is C24H35ClN4O9S2. The van der Waals surface area contributed by atoms with Gasteiger partial charge in [-0.1, -0.05) is 24.4 Å². The van der Waals surface area contributed by atoms with Crippen LogP contribution in [0.5, 0.6) is 0 Å². The number of carboxylic acids is 2. The number of fused-ring (bicyclic) bond motifs is 1. The molecule has 1 saturated carbocycles. The number of benzene rings is 1. The van der Waals surface area contributed by atoms with Crippen molar-refractivity contribution in [3.8, 4) is 0 Å². The average Bonchev–Trinajstić information content (AvgIpc) is 3.26. The van der Waals surface area contributed by atoms with Gasteiger partial charge in [-0.15, -0.1) is 0 Å². The first kappa shape index (κ1) is 32.2. The lowest BCUT2D eigenvalue weighted by atomic mass is 9.84. The van der Waals surface area contributed by atoms with Crippen LogP contribution < -0.4 is 15.2 Å². The molecule has 40 heavy (non-hydrogen) atoms. The van der Waals surface area contributed by atoms with Crippen LogP contribution in [0.4, 0.5) is 0 Å². The number of halogens is 1. The number of amides is 1. The molecule has 1 amide bonds. The lowest BCUT2D eigenvalue weighted by Crippen LogP contribution is -2.55. The minimum Gasteiger partial charge on any atom is -0.480 e. The van der Waals surface area contributed by atoms with Crippen molar-refractivity contribution in [3.63, 3.8) is 0 Å². The van der Waals surface area contributed by atoms with E-state index >= 15 is 0 Å². The lowest BCUT2D eigenvalue weighted by molar-refractivity contribution is -0.151. The van der Waals surface area contributed by atoms with Crippen molar-refractivity contribution < 1.29 is 41.4 Å². The zero-order valence-corrected chi connectivity index (χ0v) is 24.3. The number of carboxylic acid groups (broad SMARTS) is 2. The Bertz CT molecular complexity index is 1340. The number of nitrogens with one attached hydrogen (secondary N) is 2. The third-order valence-corrected chi connectivity index (χ3v) is 10.3. The van der Waals surface area contributed by atoms with Gasteiger partial charge in [0.15, 0.2) is 0 Å². The molecule has 1 aliphatic heterocycles. The Hall–Kier alpha value is -2.30. The number of hydrogen-bond donors (Lipinski definition) is 5. The molecule has 2 aliphatic rings. The summed E-state index contributed by atoms with van der Waals surface area (Å²) in [4.78, 5) is 37.6. The Morgan fingerprint density at radius 2 is 1.80 bits per heavy atom. The van der Waals surface area contributed by atoms with Crippen molar-refractivity contribution in [1.29, 1.82) is 0 Å². The van der Waals surface area contributed by atoms with Crippen LogP contribution in [0.25, 0.3) is 0 Å². The van der Waals surface area contributed by atoms with Crippen molar-refractivity contribution in [3.05, 3.63) is 23.2 Å². The molecule has 13 nitrogen and oxygen atoms in total. The van der Waals surface area contributed by atoms with Crippen LogP contribution in [-0.4, -0.2) is 80.5 Å². The fourth-order valence-corrected chi connectivity index (χ4v) is 7.75. The first-order valence-corrected chi connectivity index (χ1v) is 16.4. The van der Waals surface area contributed by atoms with Crippen molar-refractivity contribution in [2.24, 2.45) is 11.1 Å². The Kier molecular flexibility index (Phi) is 10.6. The topological polar surface area (TPSA) is 213 Å². The number of primary sulfonamides is 1. The van der Waals surface area contributed by atoms with Gasteiger partial charge in [-0.25, -0.2) is 31.5 Å². The van der Waals surface area contributed by atoms with Crippen molar-refractivity contribution in [2.45, 2.75) is 92.2 Å². The number of carbonyl (C=O) groups is 3. The van der Waals surface area contributed by atoms with Crippen molar-refractivity contribution >= 4 is 49.5 Å². The van der Waals surface area contributed by atoms with Gasteiger partial charge in [-0.2, -0.15) is 0 Å². The first-order valence-electron chi connectivity index (χ1n) is 13.0. The molecule has 0 bridgehead atoms. The number of nitrogens with two attached hydrogens (primary N) is 1. The van der Waals surface area contributed by atoms with Gasteiger partial charge < -0.3 is 15.1 Å². The predicted octanol–water partition coefficient (Wildman–Crippen LogP) is 1.11. The summed E-state index contributed by atoms with van der Waals surface area (Å²) in [6, 6.07) is -0.0401. The maximum Gasteiger partial charge on any atom is 0.326 e. The first-order chi connectivity index (χ1) is 18.6. The highest BCUT2D eigenvalue weighted by atomic mass is 35.5. The number of hydrogen-bond acceptors (Lipinski definition) is 8. The SMILES string of the molecule is C[C@H](N[C@@H](CCCCNS(=O)(=O)c1ccc(Cl)c(S(N)(=O)=O)c1)C(=O)O)C(=O)N1[C@@H]2CCCC[C@@H]2C[C@H]1C(=O)O. The van der Waals surface area contributed by atoms with E-state index in [1.54, 1.807) is 0 Å². The molecule has 1 aliphatic carbocycles. The fourth-order valence-electron chi connectivity index (χ4n) is 5.50. The number of rotatable bonds is 13. The molecule has 0 aromatic heterocycles. The molecule has 5 atom stereocenters. The molecule has 1 aromatic carbocycles. The summed E-state index contributed by atoms with van der Waals surface area (Å²) in [5.41, 5.74) is 0. The van der Waals surface area contributed by atoms with E-state index in [2.05, 4.69) is 10.0 Å². The summed E-state index contributed by atoms with van der Waals surface area (Å²) in [7, 11) is -8.34. The summed E-state index contributed by atoms with van der Waals surface area (Å²) >= 11 is 5.80. The number of nitrogens with zero attached hydrogens (tertiary/aromatic N) is 1. The van der Waals surface area contributed by atoms with E-state index in [1.165, 1.54) is 11.8 Å². The molecule has 3 rings (SSSR count). The normalized spacial score (nSPS) is 22.9. The molecule has 1 heterocycles. The molecule has 0 unspecified atom stereocenters. The Morgan fingerprint density at radius 3 is 2.42 bits per heavy atom. The molecule has 0 radical (unpaired) electrons. The second-order valence-electron chi connectivity index (χ2n) is 10.3. The zero-order chi connectivity index (χ0) is 29.8. The van der Waals surface area contributed by atoms with Crippen LogP contribution in [0, 0.1) is 5.92 Å². The van der Waals surface area contributed by atoms with Gasteiger partial charge in [-0.05, 0) is 69.6 Å². The maximum absolute atomic E-state index is 13.3. The summed E-state index contributed by atoms with van der Waals surface area (Å²) in [6.07, 6.45) is 4.51. The quantitative estimate of drug-likeness (QED) is 0.198. The van der Waals surface area contributed by atoms with Crippen LogP contribution in [0.2, 0.25) is 5.02 Å². The summed E-state index contributed by atoms with van der Waals surface area (Å²) in [6.45, 7) is 1.46. The minimum absolute atomic E-state index is 0.0619. The number of unbranched alkanes of at least 4 members (excludes halogenated alkanes) is 1. The smallest absolute Gasteiger partial charge is 0.326 e. The van der Waals surface area contributed by atoms with E-state index in [4.69, 9.17) is 16.7 Å². The Morgan fingerprint density at radius 1 is 1.12 bits per heavy atom. The highest BCUT2D eigenvalue weighted by Gasteiger charge is 2.48. The molecule has 6 N–H and O–H groups in total. The highest BCUT2D eigenvalue weighted by Crippen LogP contribution is 2.40. The third kappa shape index (κ3) is 7.70. The Balaban J connectivity index is 1.54. The standard InChI is InChI=1S/C24H35ClN4O9S2/c1-14(22(30)29-19-8-3-2-6-15(19)12-20(29)24(33)34)28-18(23(31)32)7-4-5-11-27-40(37,38)16-9-10-17(25)21(13-16)39(26,35)36/h9-10,13-15,18-20,27-28H,2-8,11-12H2,1H3,(H,31,32)(H,33,34)(H2,26,35,36)/t14-,15+,18-,19+,20-/m0/s1. The minimum atomic E-state index is -4.24. The van der Waals surface area contributed by atoms with Crippen LogP contribution in [-0.2, 0) is 34.4 Å². The fraction of sp³-hybridized carbons (Fsp3) is 0.625. The molecule has 16 heteroatoms. The molecule has 1 aromatic rings. The lowest BCUT2D eigenvalue weighted by Gasteiger charge is -2.35. The largest absolute Gasteiger partial charge is 0.480 e. The number of sulfonamides is 2. The summed E-state index contributed by atoms with van der Waals surface area (Å²) < 4.78 is 50.7. The van der Waals surface area contributed by atoms with E-state index in [0.29, 0.717) is 6.42 Å². The molecular weight excluding hydrogens is 588 g/mol. The second kappa shape index (κ2) is 13.1. The van der Waals surface area contributed by atoms with E-state index in [1.807, 2.05) is 0 Å². The molecule has 2 fully saturated rings. The maximum atomic E-state index is 13.3. The van der Waals surface area contributed by atoms with Gasteiger partial charge in [0, 0.05) is 12.6 Å². The monoisotopic (exact) mass is 622 g/mol. The summed E-state index contributed by atoms with van der Waals surface area (Å²) in [5, 5.41) is 27.0. The van der Waals surface area contributed by atoms with E-state index < -0.39 is 60.9 Å². The van der Waals surface area contributed by atoms with Crippen LogP contribution in [0.15, 0.2) is 28.0 Å². The molecule has 224 valence electrons. The van der Waals surface area contributed by atoms with Crippen LogP contribution in [0.1, 0.15) is 58.3 Å². The van der Waals surface area contributed by atoms with E-state index in [0.717, 1.165) is 43.9 Å². The van der Waals surface area contributed by atoms with Crippen molar-refractivity contribution in [1.82, 2.24) is 14.9 Å². The third-order valence-electron chi connectivity index (χ3n) is 7.48. The second-order valence-corrected chi connectivity index (χ2v) is 14.0. The number of likely N-dealkylation sites (tertiary alicyclic amines) is 1. The highest BCUT2D eigenvalue weighted by molar-refractivity contribution is 7.90. The predicted molar refractivity (Wildman–Crippen MR) is 145 cm³/mol. The molecule has 0 spiro atoms. The van der Waals surface area contributed by atoms with Gasteiger partial charge in [0.05, 0.1) is 16.0 Å². The number of carbonyl (C=O) groups excluding carboxylic acids is 1. The average molecular weight is 623 g/mol. The van der Waals surface area contributed by atoms with Gasteiger partial charge in [0.25, 0.3) is 0 Å².